The normalized spacial score (nSPS) is 11.9. The van der Waals surface area contributed by atoms with Gasteiger partial charge in [0.2, 0.25) is 0 Å². The van der Waals surface area contributed by atoms with Crippen molar-refractivity contribution in [1.29, 1.82) is 0 Å². The SMILES string of the molecule is CC(C)c1cccc(-c2ccc(CC(F)(F)F)nc2)c1. The van der Waals surface area contributed by atoms with Gasteiger partial charge < -0.3 is 0 Å². The van der Waals surface area contributed by atoms with Gasteiger partial charge in [-0.25, -0.2) is 0 Å². The van der Waals surface area contributed by atoms with Crippen LogP contribution in [0.15, 0.2) is 42.6 Å². The number of rotatable bonds is 3. The van der Waals surface area contributed by atoms with Crippen LogP contribution in [0.25, 0.3) is 11.1 Å². The summed E-state index contributed by atoms with van der Waals surface area (Å²) < 4.78 is 36.8. The van der Waals surface area contributed by atoms with E-state index in [0.717, 1.165) is 11.1 Å². The maximum absolute atomic E-state index is 12.3. The van der Waals surface area contributed by atoms with Gasteiger partial charge in [0.15, 0.2) is 0 Å². The smallest absolute Gasteiger partial charge is 0.260 e. The zero-order valence-electron chi connectivity index (χ0n) is 11.4. The fraction of sp³-hybridized carbons (Fsp3) is 0.312. The average molecular weight is 279 g/mol. The molecule has 0 atom stereocenters. The summed E-state index contributed by atoms with van der Waals surface area (Å²) >= 11 is 0. The van der Waals surface area contributed by atoms with Gasteiger partial charge in [-0.05, 0) is 23.1 Å². The molecule has 0 saturated carbocycles. The lowest BCUT2D eigenvalue weighted by molar-refractivity contribution is -0.127. The van der Waals surface area contributed by atoms with Crippen molar-refractivity contribution in [3.8, 4) is 11.1 Å². The summed E-state index contributed by atoms with van der Waals surface area (Å²) in [5.74, 6) is 0.410. The Bertz CT molecular complexity index is 571. The molecule has 1 aromatic heterocycles. The first-order valence-electron chi connectivity index (χ1n) is 6.47. The number of alkyl halides is 3. The Morgan fingerprint density at radius 2 is 1.80 bits per heavy atom. The lowest BCUT2D eigenvalue weighted by atomic mass is 9.98. The summed E-state index contributed by atoms with van der Waals surface area (Å²) in [7, 11) is 0. The average Bonchev–Trinajstić information content (AvgIpc) is 2.38. The zero-order chi connectivity index (χ0) is 14.8. The highest BCUT2D eigenvalue weighted by Gasteiger charge is 2.28. The molecule has 0 aliphatic carbocycles. The standard InChI is InChI=1S/C16H16F3N/c1-11(2)12-4-3-5-13(8-12)14-6-7-15(20-10-14)9-16(17,18)19/h3-8,10-11H,9H2,1-2H3. The van der Waals surface area contributed by atoms with Crippen molar-refractivity contribution in [2.24, 2.45) is 0 Å². The second kappa shape index (κ2) is 5.65. The number of hydrogen-bond acceptors (Lipinski definition) is 1. The van der Waals surface area contributed by atoms with Gasteiger partial charge in [-0.2, -0.15) is 13.2 Å². The molecule has 1 heterocycles. The number of nitrogens with zero attached hydrogens (tertiary/aromatic N) is 1. The van der Waals surface area contributed by atoms with Crippen LogP contribution in [-0.4, -0.2) is 11.2 Å². The van der Waals surface area contributed by atoms with Crippen molar-refractivity contribution in [2.75, 3.05) is 0 Å². The molecule has 0 N–H and O–H groups in total. The largest absolute Gasteiger partial charge is 0.394 e. The zero-order valence-corrected chi connectivity index (χ0v) is 11.4. The molecule has 20 heavy (non-hydrogen) atoms. The maximum Gasteiger partial charge on any atom is 0.394 e. The fourth-order valence-electron chi connectivity index (χ4n) is 1.98. The first-order valence-corrected chi connectivity index (χ1v) is 6.47. The summed E-state index contributed by atoms with van der Waals surface area (Å²) in [4.78, 5) is 3.89. The van der Waals surface area contributed by atoms with Crippen molar-refractivity contribution < 1.29 is 13.2 Å². The molecule has 0 spiro atoms. The Morgan fingerprint density at radius 3 is 2.35 bits per heavy atom. The Balaban J connectivity index is 2.24. The van der Waals surface area contributed by atoms with Crippen molar-refractivity contribution in [2.45, 2.75) is 32.4 Å². The van der Waals surface area contributed by atoms with E-state index in [1.165, 1.54) is 17.8 Å². The van der Waals surface area contributed by atoms with E-state index in [1.54, 1.807) is 6.07 Å². The van der Waals surface area contributed by atoms with E-state index in [-0.39, 0.29) is 5.69 Å². The van der Waals surface area contributed by atoms with E-state index in [9.17, 15) is 13.2 Å². The molecule has 0 aliphatic rings. The van der Waals surface area contributed by atoms with Crippen LogP contribution in [0.4, 0.5) is 13.2 Å². The van der Waals surface area contributed by atoms with E-state index in [0.29, 0.717) is 5.92 Å². The maximum atomic E-state index is 12.3. The van der Waals surface area contributed by atoms with E-state index < -0.39 is 12.6 Å². The van der Waals surface area contributed by atoms with Crippen LogP contribution in [0.2, 0.25) is 0 Å². The second-order valence-electron chi connectivity index (χ2n) is 5.11. The lowest BCUT2D eigenvalue weighted by Gasteiger charge is -2.09. The molecule has 0 amide bonds. The molecule has 2 rings (SSSR count). The number of aromatic nitrogens is 1. The van der Waals surface area contributed by atoms with E-state index in [1.807, 2.05) is 24.3 Å². The van der Waals surface area contributed by atoms with Crippen molar-refractivity contribution in [1.82, 2.24) is 4.98 Å². The van der Waals surface area contributed by atoms with Crippen LogP contribution in [-0.2, 0) is 6.42 Å². The molecular formula is C16H16F3N. The van der Waals surface area contributed by atoms with Gasteiger partial charge >= 0.3 is 6.18 Å². The molecular weight excluding hydrogens is 263 g/mol. The molecule has 0 unspecified atom stereocenters. The van der Waals surface area contributed by atoms with Crippen LogP contribution >= 0.6 is 0 Å². The number of pyridine rings is 1. The predicted octanol–water partition coefficient (Wildman–Crippen LogP) is 4.98. The highest BCUT2D eigenvalue weighted by molar-refractivity contribution is 5.63. The fourth-order valence-corrected chi connectivity index (χ4v) is 1.98. The number of hydrogen-bond donors (Lipinski definition) is 0. The topological polar surface area (TPSA) is 12.9 Å². The molecule has 1 nitrogen and oxygen atoms in total. The highest BCUT2D eigenvalue weighted by atomic mass is 19.4. The Morgan fingerprint density at radius 1 is 1.05 bits per heavy atom. The predicted molar refractivity (Wildman–Crippen MR) is 73.5 cm³/mol. The third-order valence-electron chi connectivity index (χ3n) is 3.09. The van der Waals surface area contributed by atoms with Crippen molar-refractivity contribution in [3.05, 3.63) is 53.9 Å². The van der Waals surface area contributed by atoms with E-state index in [2.05, 4.69) is 18.8 Å². The van der Waals surface area contributed by atoms with Crippen LogP contribution in [0, 0.1) is 0 Å². The van der Waals surface area contributed by atoms with Gasteiger partial charge in [-0.1, -0.05) is 44.2 Å². The minimum absolute atomic E-state index is 0.0428. The monoisotopic (exact) mass is 279 g/mol. The Hall–Kier alpha value is -1.84. The first kappa shape index (κ1) is 14.6. The highest BCUT2D eigenvalue weighted by Crippen LogP contribution is 2.25. The minimum Gasteiger partial charge on any atom is -0.260 e. The van der Waals surface area contributed by atoms with Gasteiger partial charge in [0.05, 0.1) is 6.42 Å². The summed E-state index contributed by atoms with van der Waals surface area (Å²) in [6.45, 7) is 4.20. The molecule has 2 aromatic rings. The Labute approximate surface area is 116 Å². The third kappa shape index (κ3) is 3.83. The molecule has 0 radical (unpaired) electrons. The third-order valence-corrected chi connectivity index (χ3v) is 3.09. The second-order valence-corrected chi connectivity index (χ2v) is 5.11. The van der Waals surface area contributed by atoms with Gasteiger partial charge in [-0.3, -0.25) is 4.98 Å². The molecule has 0 bridgehead atoms. The lowest BCUT2D eigenvalue weighted by Crippen LogP contribution is -2.12. The first-order chi connectivity index (χ1) is 9.35. The number of halogens is 3. The van der Waals surface area contributed by atoms with Crippen molar-refractivity contribution >= 4 is 0 Å². The van der Waals surface area contributed by atoms with Gasteiger partial charge in [0, 0.05) is 17.5 Å². The molecule has 4 heteroatoms. The van der Waals surface area contributed by atoms with Crippen LogP contribution in [0.5, 0.6) is 0 Å². The van der Waals surface area contributed by atoms with Crippen LogP contribution < -0.4 is 0 Å². The summed E-state index contributed by atoms with van der Waals surface area (Å²) in [6.07, 6.45) is -3.70. The van der Waals surface area contributed by atoms with Crippen molar-refractivity contribution in [3.63, 3.8) is 0 Å². The van der Waals surface area contributed by atoms with Gasteiger partial charge in [0.25, 0.3) is 0 Å². The number of benzene rings is 1. The van der Waals surface area contributed by atoms with Gasteiger partial charge in [-0.15, -0.1) is 0 Å². The quantitative estimate of drug-likeness (QED) is 0.772. The van der Waals surface area contributed by atoms with Gasteiger partial charge in [0.1, 0.15) is 0 Å². The molecule has 1 aromatic carbocycles. The minimum atomic E-state index is -4.22. The summed E-state index contributed by atoms with van der Waals surface area (Å²) in [5.41, 5.74) is 3.05. The van der Waals surface area contributed by atoms with Crippen LogP contribution in [0.1, 0.15) is 31.0 Å². The Kier molecular flexibility index (Phi) is 4.12. The van der Waals surface area contributed by atoms with E-state index >= 15 is 0 Å². The molecule has 0 aliphatic heterocycles. The molecule has 0 saturated heterocycles. The summed E-state index contributed by atoms with van der Waals surface area (Å²) in [6, 6.07) is 11.1. The van der Waals surface area contributed by atoms with Crippen LogP contribution in [0.3, 0.4) is 0 Å². The summed E-state index contributed by atoms with van der Waals surface area (Å²) in [5, 5.41) is 0. The van der Waals surface area contributed by atoms with E-state index in [4.69, 9.17) is 0 Å². The molecule has 0 fully saturated rings. The molecule has 106 valence electrons.